The molecule has 1 saturated carbocycles. The van der Waals surface area contributed by atoms with E-state index in [0.29, 0.717) is 27.7 Å². The molecule has 1 aromatic heterocycles. The smallest absolute Gasteiger partial charge is 0.289 e. The Bertz CT molecular complexity index is 1330. The van der Waals surface area contributed by atoms with Crippen LogP contribution in [0.25, 0.3) is 17.1 Å². The Balaban J connectivity index is 1.52. The van der Waals surface area contributed by atoms with Gasteiger partial charge in [0.2, 0.25) is 5.82 Å². The number of aromatic nitrogens is 3. The zero-order valence-electron chi connectivity index (χ0n) is 22.1. The van der Waals surface area contributed by atoms with Gasteiger partial charge in [-0.15, -0.1) is 10.2 Å². The minimum atomic E-state index is -0.331. The quantitative estimate of drug-likeness (QED) is 0.395. The van der Waals surface area contributed by atoms with Gasteiger partial charge in [0.25, 0.3) is 5.91 Å². The number of carbonyl (C=O) groups is 1. The fourth-order valence-corrected chi connectivity index (χ4v) is 5.11. The lowest BCUT2D eigenvalue weighted by Gasteiger charge is -2.34. The van der Waals surface area contributed by atoms with Gasteiger partial charge in [0.05, 0.1) is 11.3 Å². The lowest BCUT2D eigenvalue weighted by atomic mass is 9.98. The molecule has 2 fully saturated rings. The minimum Gasteiger partial charge on any atom is -0.508 e. The van der Waals surface area contributed by atoms with Gasteiger partial charge in [0.15, 0.2) is 5.82 Å². The number of hydrogen-bond acceptors (Lipinski definition) is 7. The van der Waals surface area contributed by atoms with Crippen LogP contribution in [-0.2, 0) is 6.54 Å². The summed E-state index contributed by atoms with van der Waals surface area (Å²) in [7, 11) is 0. The Morgan fingerprint density at radius 1 is 1.05 bits per heavy atom. The van der Waals surface area contributed by atoms with Gasteiger partial charge in [-0.05, 0) is 54.6 Å². The largest absolute Gasteiger partial charge is 0.508 e. The molecule has 2 aromatic carbocycles. The Labute approximate surface area is 228 Å². The molecule has 3 N–H and O–H groups in total. The molecule has 2 heterocycles. The third-order valence-corrected chi connectivity index (χ3v) is 7.74. The molecule has 9 nitrogen and oxygen atoms in total. The number of halogens is 1. The molecule has 5 rings (SSSR count). The number of piperazine rings is 1. The van der Waals surface area contributed by atoms with Crippen molar-refractivity contribution in [2.24, 2.45) is 0 Å². The van der Waals surface area contributed by atoms with Crippen LogP contribution in [0.2, 0.25) is 5.02 Å². The van der Waals surface area contributed by atoms with Crippen molar-refractivity contribution in [2.45, 2.75) is 52.1 Å². The highest BCUT2D eigenvalue weighted by Gasteiger charge is 2.29. The summed E-state index contributed by atoms with van der Waals surface area (Å²) in [6, 6.07) is 8.86. The normalized spacial score (nSPS) is 16.8. The second kappa shape index (κ2) is 10.9. The zero-order chi connectivity index (χ0) is 27.0. The van der Waals surface area contributed by atoms with Crippen LogP contribution in [-0.4, -0.2) is 79.5 Å². The van der Waals surface area contributed by atoms with Crippen LogP contribution in [0.4, 0.5) is 0 Å². The highest BCUT2D eigenvalue weighted by Crippen LogP contribution is 2.38. The number of nitrogens with zero attached hydrogens (tertiary/aromatic N) is 5. The summed E-state index contributed by atoms with van der Waals surface area (Å²) in [4.78, 5) is 18.0. The Morgan fingerprint density at radius 2 is 1.76 bits per heavy atom. The highest BCUT2D eigenvalue weighted by atomic mass is 35.5. The Hall–Kier alpha value is -3.14. The van der Waals surface area contributed by atoms with E-state index in [1.54, 1.807) is 10.6 Å². The molecule has 0 bridgehead atoms. The second-order valence-electron chi connectivity index (χ2n) is 10.5. The molecule has 1 saturated heterocycles. The molecular formula is C28H35ClN6O3. The van der Waals surface area contributed by atoms with Crippen molar-refractivity contribution in [3.63, 3.8) is 0 Å². The maximum Gasteiger partial charge on any atom is 0.289 e. The van der Waals surface area contributed by atoms with Crippen molar-refractivity contribution >= 4 is 17.5 Å². The predicted octanol–water partition coefficient (Wildman–Crippen LogP) is 4.15. The van der Waals surface area contributed by atoms with Crippen molar-refractivity contribution in [1.82, 2.24) is 29.9 Å². The number of aromatic hydroxyl groups is 2. The van der Waals surface area contributed by atoms with Crippen molar-refractivity contribution < 1.29 is 15.0 Å². The standard InChI is InChI=1S/C28H35ClN6O3/c1-4-33-9-11-34(12-10-33)16-18-5-8-20(13-23(18)29)35-26(31-32-27(35)28(38)30-19-6-7-19)22-14-21(17(2)3)24(36)15-25(22)37/h5,8,13-15,17,19,36-37H,4,6-7,9-12,16H2,1-3H3,(H,30,38). The first-order valence-electron chi connectivity index (χ1n) is 13.3. The van der Waals surface area contributed by atoms with E-state index in [2.05, 4.69) is 32.2 Å². The first-order chi connectivity index (χ1) is 18.2. The number of hydrogen-bond donors (Lipinski definition) is 3. The van der Waals surface area contributed by atoms with Crippen molar-refractivity contribution in [2.75, 3.05) is 32.7 Å². The summed E-state index contributed by atoms with van der Waals surface area (Å²) < 4.78 is 1.63. The van der Waals surface area contributed by atoms with E-state index in [-0.39, 0.29) is 35.2 Å². The summed E-state index contributed by atoms with van der Waals surface area (Å²) in [5, 5.41) is 33.2. The Morgan fingerprint density at radius 3 is 2.39 bits per heavy atom. The molecule has 0 unspecified atom stereocenters. The molecule has 10 heteroatoms. The van der Waals surface area contributed by atoms with Crippen molar-refractivity contribution in [1.29, 1.82) is 0 Å². The van der Waals surface area contributed by atoms with Crippen LogP contribution in [0.3, 0.4) is 0 Å². The van der Waals surface area contributed by atoms with Crippen LogP contribution < -0.4 is 5.32 Å². The van der Waals surface area contributed by atoms with Crippen LogP contribution in [0, 0.1) is 0 Å². The fraction of sp³-hybridized carbons (Fsp3) is 0.464. The zero-order valence-corrected chi connectivity index (χ0v) is 22.9. The summed E-state index contributed by atoms with van der Waals surface area (Å²) in [5.41, 5.74) is 2.66. The molecule has 38 heavy (non-hydrogen) atoms. The first-order valence-corrected chi connectivity index (χ1v) is 13.7. The fourth-order valence-electron chi connectivity index (χ4n) is 4.87. The van der Waals surface area contributed by atoms with Gasteiger partial charge in [-0.2, -0.15) is 0 Å². The number of benzene rings is 2. The van der Waals surface area contributed by atoms with E-state index >= 15 is 0 Å². The predicted molar refractivity (Wildman–Crippen MR) is 147 cm³/mol. The van der Waals surface area contributed by atoms with Gasteiger partial charge in [0, 0.05) is 49.9 Å². The van der Waals surface area contributed by atoms with Crippen molar-refractivity contribution in [3.05, 3.63) is 52.3 Å². The van der Waals surface area contributed by atoms with E-state index in [9.17, 15) is 15.0 Å². The Kier molecular flexibility index (Phi) is 7.61. The number of nitrogens with one attached hydrogen (secondary N) is 1. The average Bonchev–Trinajstić information content (AvgIpc) is 3.59. The molecule has 3 aromatic rings. The molecule has 0 radical (unpaired) electrons. The molecule has 1 amide bonds. The third-order valence-electron chi connectivity index (χ3n) is 7.39. The van der Waals surface area contributed by atoms with Gasteiger partial charge < -0.3 is 20.4 Å². The number of phenols is 2. The summed E-state index contributed by atoms with van der Waals surface area (Å²) in [5.74, 6) is -0.0523. The second-order valence-corrected chi connectivity index (χ2v) is 10.9. The van der Waals surface area contributed by atoms with Crippen LogP contribution in [0.1, 0.15) is 61.3 Å². The maximum absolute atomic E-state index is 13.1. The number of rotatable bonds is 8. The molecule has 0 atom stereocenters. The molecule has 2 aliphatic rings. The third kappa shape index (κ3) is 5.50. The lowest BCUT2D eigenvalue weighted by molar-refractivity contribution is 0.0938. The summed E-state index contributed by atoms with van der Waals surface area (Å²) in [6.07, 6.45) is 1.88. The minimum absolute atomic E-state index is 0.00572. The molecular weight excluding hydrogens is 504 g/mol. The van der Waals surface area contributed by atoms with Gasteiger partial charge in [-0.1, -0.05) is 38.4 Å². The number of amides is 1. The molecule has 1 aliphatic heterocycles. The summed E-state index contributed by atoms with van der Waals surface area (Å²) >= 11 is 6.79. The SMILES string of the molecule is CCN1CCN(Cc2ccc(-n3c(C(=O)NC4CC4)nnc3-c3cc(C(C)C)c(O)cc3O)cc2Cl)CC1. The van der Waals surface area contributed by atoms with Crippen LogP contribution >= 0.6 is 11.6 Å². The topological polar surface area (TPSA) is 107 Å². The number of phenolic OH excluding ortho intramolecular Hbond substituents is 2. The summed E-state index contributed by atoms with van der Waals surface area (Å²) in [6.45, 7) is 12.0. The molecule has 202 valence electrons. The van der Waals surface area contributed by atoms with E-state index in [0.717, 1.165) is 57.7 Å². The number of carbonyl (C=O) groups excluding carboxylic acids is 1. The first kappa shape index (κ1) is 26.5. The van der Waals surface area contributed by atoms with E-state index in [1.165, 1.54) is 6.07 Å². The average molecular weight is 539 g/mol. The van der Waals surface area contributed by atoms with E-state index < -0.39 is 0 Å². The van der Waals surface area contributed by atoms with Crippen LogP contribution in [0.5, 0.6) is 11.5 Å². The number of likely N-dealkylation sites (N-methyl/N-ethyl adjacent to an activating group) is 1. The van der Waals surface area contributed by atoms with E-state index in [1.807, 2.05) is 32.0 Å². The van der Waals surface area contributed by atoms with Gasteiger partial charge >= 0.3 is 0 Å². The molecule has 1 aliphatic carbocycles. The van der Waals surface area contributed by atoms with E-state index in [4.69, 9.17) is 11.6 Å². The van der Waals surface area contributed by atoms with Gasteiger partial charge in [-0.25, -0.2) is 0 Å². The monoisotopic (exact) mass is 538 g/mol. The van der Waals surface area contributed by atoms with Gasteiger partial charge in [0.1, 0.15) is 11.5 Å². The van der Waals surface area contributed by atoms with Gasteiger partial charge in [-0.3, -0.25) is 14.3 Å². The lowest BCUT2D eigenvalue weighted by Crippen LogP contribution is -2.45. The highest BCUT2D eigenvalue weighted by molar-refractivity contribution is 6.31. The van der Waals surface area contributed by atoms with Crippen LogP contribution in [0.15, 0.2) is 30.3 Å². The maximum atomic E-state index is 13.1. The molecule has 0 spiro atoms. The van der Waals surface area contributed by atoms with Crippen molar-refractivity contribution in [3.8, 4) is 28.6 Å².